The van der Waals surface area contributed by atoms with Gasteiger partial charge >= 0.3 is 0 Å². The number of hydrogen-bond acceptors (Lipinski definition) is 4. The van der Waals surface area contributed by atoms with Crippen molar-refractivity contribution in [3.63, 3.8) is 0 Å². The predicted molar refractivity (Wildman–Crippen MR) is 81.0 cm³/mol. The van der Waals surface area contributed by atoms with Gasteiger partial charge in [-0.05, 0) is 12.1 Å². The summed E-state index contributed by atoms with van der Waals surface area (Å²) >= 11 is 5.80. The smallest absolute Gasteiger partial charge is 0.267 e. The number of rotatable bonds is 6. The van der Waals surface area contributed by atoms with Crippen LogP contribution >= 0.6 is 11.6 Å². The molecular weight excluding hydrogens is 333 g/mol. The SMILES string of the molecule is COCCc1cc(NS(=O)(=O)c2c(F)cccc2Cl)n(C)n1. The molecule has 0 radical (unpaired) electrons. The number of hydrogen-bond donors (Lipinski definition) is 1. The quantitative estimate of drug-likeness (QED) is 0.869. The van der Waals surface area contributed by atoms with Gasteiger partial charge in [0.15, 0.2) is 0 Å². The van der Waals surface area contributed by atoms with Crippen LogP contribution in [0.15, 0.2) is 29.2 Å². The van der Waals surface area contributed by atoms with Crippen molar-refractivity contribution < 1.29 is 17.5 Å². The van der Waals surface area contributed by atoms with E-state index >= 15 is 0 Å². The number of nitrogens with one attached hydrogen (secondary N) is 1. The van der Waals surface area contributed by atoms with Crippen LogP contribution in [-0.2, 0) is 28.2 Å². The molecule has 0 saturated carbocycles. The number of anilines is 1. The first-order valence-electron chi connectivity index (χ1n) is 6.34. The molecule has 1 aromatic carbocycles. The second-order valence-corrected chi connectivity index (χ2v) is 6.57. The fraction of sp³-hybridized carbons (Fsp3) is 0.308. The third-order valence-electron chi connectivity index (χ3n) is 2.92. The number of sulfonamides is 1. The molecular formula is C13H15ClFN3O3S. The lowest BCUT2D eigenvalue weighted by Crippen LogP contribution is -2.17. The van der Waals surface area contributed by atoms with Gasteiger partial charge in [-0.15, -0.1) is 0 Å². The van der Waals surface area contributed by atoms with E-state index in [0.29, 0.717) is 18.7 Å². The summed E-state index contributed by atoms with van der Waals surface area (Å²) < 4.78 is 47.0. The number of ether oxygens (including phenoxy) is 1. The first kappa shape index (κ1) is 16.7. The van der Waals surface area contributed by atoms with E-state index in [9.17, 15) is 12.8 Å². The number of halogens is 2. The van der Waals surface area contributed by atoms with Crippen molar-refractivity contribution in [3.8, 4) is 0 Å². The van der Waals surface area contributed by atoms with Gasteiger partial charge in [0.25, 0.3) is 10.0 Å². The van der Waals surface area contributed by atoms with E-state index in [1.54, 1.807) is 20.2 Å². The maximum atomic E-state index is 13.8. The summed E-state index contributed by atoms with van der Waals surface area (Å²) in [5.74, 6) is -0.702. The Balaban J connectivity index is 2.31. The van der Waals surface area contributed by atoms with Crippen LogP contribution in [0.2, 0.25) is 5.02 Å². The van der Waals surface area contributed by atoms with E-state index in [4.69, 9.17) is 16.3 Å². The summed E-state index contributed by atoms with van der Waals surface area (Å²) in [5.41, 5.74) is 0.654. The second-order valence-electron chi connectivity index (χ2n) is 4.54. The third-order valence-corrected chi connectivity index (χ3v) is 4.78. The molecule has 0 aliphatic rings. The van der Waals surface area contributed by atoms with Crippen molar-refractivity contribution >= 4 is 27.4 Å². The van der Waals surface area contributed by atoms with Gasteiger partial charge in [-0.25, -0.2) is 12.8 Å². The molecule has 22 heavy (non-hydrogen) atoms. The molecule has 0 saturated heterocycles. The molecule has 0 bridgehead atoms. The Bertz CT molecular complexity index is 757. The van der Waals surface area contributed by atoms with Crippen molar-refractivity contribution in [3.05, 3.63) is 40.8 Å². The minimum Gasteiger partial charge on any atom is -0.384 e. The summed E-state index contributed by atoms with van der Waals surface area (Å²) in [7, 11) is -1.01. The fourth-order valence-corrected chi connectivity index (χ4v) is 3.56. The monoisotopic (exact) mass is 347 g/mol. The number of aryl methyl sites for hydroxylation is 1. The number of benzene rings is 1. The molecule has 0 fully saturated rings. The summed E-state index contributed by atoms with van der Waals surface area (Å²) in [4.78, 5) is -0.587. The lowest BCUT2D eigenvalue weighted by Gasteiger charge is -2.09. The van der Waals surface area contributed by atoms with Gasteiger partial charge in [-0.3, -0.25) is 9.40 Å². The molecule has 1 aromatic heterocycles. The first-order chi connectivity index (χ1) is 10.3. The predicted octanol–water partition coefficient (Wildman–Crippen LogP) is 2.20. The molecule has 2 rings (SSSR count). The lowest BCUT2D eigenvalue weighted by molar-refractivity contribution is 0.201. The van der Waals surface area contributed by atoms with E-state index in [2.05, 4.69) is 9.82 Å². The molecule has 6 nitrogen and oxygen atoms in total. The molecule has 0 atom stereocenters. The molecule has 0 aliphatic heterocycles. The molecule has 9 heteroatoms. The van der Waals surface area contributed by atoms with Crippen LogP contribution < -0.4 is 4.72 Å². The Hall–Kier alpha value is -1.64. The van der Waals surface area contributed by atoms with Crippen LogP contribution in [0.25, 0.3) is 0 Å². The highest BCUT2D eigenvalue weighted by molar-refractivity contribution is 7.92. The van der Waals surface area contributed by atoms with Crippen molar-refractivity contribution in [2.24, 2.45) is 7.05 Å². The first-order valence-corrected chi connectivity index (χ1v) is 8.20. The molecule has 120 valence electrons. The molecule has 0 unspecified atom stereocenters. The van der Waals surface area contributed by atoms with Gasteiger partial charge in [0.2, 0.25) is 0 Å². The summed E-state index contributed by atoms with van der Waals surface area (Å²) in [5, 5.41) is 3.97. The van der Waals surface area contributed by atoms with Gasteiger partial charge in [0.05, 0.1) is 17.3 Å². The van der Waals surface area contributed by atoms with E-state index in [1.807, 2.05) is 0 Å². The lowest BCUT2D eigenvalue weighted by atomic mass is 10.3. The largest absolute Gasteiger partial charge is 0.384 e. The Morgan fingerprint density at radius 1 is 1.45 bits per heavy atom. The minimum atomic E-state index is -4.15. The van der Waals surface area contributed by atoms with Crippen LogP contribution in [0.5, 0.6) is 0 Å². The fourth-order valence-electron chi connectivity index (χ4n) is 1.88. The number of aromatic nitrogens is 2. The highest BCUT2D eigenvalue weighted by atomic mass is 35.5. The molecule has 2 aromatic rings. The second kappa shape index (κ2) is 6.64. The molecule has 0 amide bonds. The van der Waals surface area contributed by atoms with Gasteiger partial charge in [-0.1, -0.05) is 17.7 Å². The average molecular weight is 348 g/mol. The Morgan fingerprint density at radius 3 is 2.82 bits per heavy atom. The normalized spacial score (nSPS) is 11.6. The average Bonchev–Trinajstić information content (AvgIpc) is 2.75. The van der Waals surface area contributed by atoms with Crippen LogP contribution in [0.4, 0.5) is 10.2 Å². The Morgan fingerprint density at radius 2 is 2.18 bits per heavy atom. The topological polar surface area (TPSA) is 73.2 Å². The van der Waals surface area contributed by atoms with Gasteiger partial charge in [0, 0.05) is 26.6 Å². The van der Waals surface area contributed by atoms with Crippen LogP contribution in [0.3, 0.4) is 0 Å². The van der Waals surface area contributed by atoms with Gasteiger partial charge in [-0.2, -0.15) is 5.10 Å². The van der Waals surface area contributed by atoms with Crippen molar-refractivity contribution in [2.45, 2.75) is 11.3 Å². The summed E-state index contributed by atoms with van der Waals surface area (Å²) in [6.45, 7) is 0.461. The highest BCUT2D eigenvalue weighted by Crippen LogP contribution is 2.26. The number of methoxy groups -OCH3 is 1. The Kier molecular flexibility index (Phi) is 5.05. The van der Waals surface area contributed by atoms with E-state index < -0.39 is 20.7 Å². The van der Waals surface area contributed by atoms with Crippen LogP contribution in [0.1, 0.15) is 5.69 Å². The molecule has 1 N–H and O–H groups in total. The summed E-state index contributed by atoms with van der Waals surface area (Å²) in [6.07, 6.45) is 0.534. The molecule has 0 aliphatic carbocycles. The van der Waals surface area contributed by atoms with E-state index in [0.717, 1.165) is 6.07 Å². The molecule has 0 spiro atoms. The van der Waals surface area contributed by atoms with Crippen LogP contribution in [-0.4, -0.2) is 31.9 Å². The zero-order valence-corrected chi connectivity index (χ0v) is 13.6. The summed E-state index contributed by atoms with van der Waals surface area (Å²) in [6, 6.07) is 5.25. The van der Waals surface area contributed by atoms with E-state index in [-0.39, 0.29) is 10.8 Å². The molecule has 1 heterocycles. The van der Waals surface area contributed by atoms with Crippen molar-refractivity contribution in [1.29, 1.82) is 0 Å². The van der Waals surface area contributed by atoms with Gasteiger partial charge < -0.3 is 4.74 Å². The maximum Gasteiger partial charge on any atom is 0.267 e. The zero-order chi connectivity index (χ0) is 16.3. The van der Waals surface area contributed by atoms with E-state index in [1.165, 1.54) is 16.8 Å². The highest BCUT2D eigenvalue weighted by Gasteiger charge is 2.24. The van der Waals surface area contributed by atoms with Crippen LogP contribution in [0, 0.1) is 5.82 Å². The Labute approximate surface area is 132 Å². The van der Waals surface area contributed by atoms with Crippen molar-refractivity contribution in [1.82, 2.24) is 9.78 Å². The zero-order valence-electron chi connectivity index (χ0n) is 12.0. The third kappa shape index (κ3) is 3.57. The van der Waals surface area contributed by atoms with Gasteiger partial charge in [0.1, 0.15) is 16.5 Å². The maximum absolute atomic E-state index is 13.8. The van der Waals surface area contributed by atoms with Crippen molar-refractivity contribution in [2.75, 3.05) is 18.4 Å². The number of nitrogens with zero attached hydrogens (tertiary/aromatic N) is 2. The minimum absolute atomic E-state index is 0.186. The standard InChI is InChI=1S/C13H15ClFN3O3S/c1-18-12(8-9(16-18)6-7-21-2)17-22(19,20)13-10(14)4-3-5-11(13)15/h3-5,8,17H,6-7H2,1-2H3.